The second-order valence-corrected chi connectivity index (χ2v) is 5.91. The quantitative estimate of drug-likeness (QED) is 0.445. The van der Waals surface area contributed by atoms with E-state index in [0.29, 0.717) is 0 Å². The van der Waals surface area contributed by atoms with Crippen LogP contribution in [0.25, 0.3) is 0 Å². The van der Waals surface area contributed by atoms with Crippen molar-refractivity contribution in [3.8, 4) is 0 Å². The Morgan fingerprint density at radius 2 is 1.00 bits per heavy atom. The predicted octanol–water partition coefficient (Wildman–Crippen LogP) is 4.82. The molecule has 0 radical (unpaired) electrons. The van der Waals surface area contributed by atoms with Gasteiger partial charge in [0.2, 0.25) is 0 Å². The highest BCUT2D eigenvalue weighted by Gasteiger charge is 2.03. The summed E-state index contributed by atoms with van der Waals surface area (Å²) in [5, 5.41) is 19.2. The third kappa shape index (κ3) is 14.1. The highest BCUT2D eigenvalue weighted by Crippen LogP contribution is 2.13. The van der Waals surface area contributed by atoms with Gasteiger partial charge in [-0.2, -0.15) is 0 Å². The molecule has 0 aliphatic carbocycles. The third-order valence-electron chi connectivity index (χ3n) is 3.94. The fourth-order valence-corrected chi connectivity index (χ4v) is 2.45. The lowest BCUT2D eigenvalue weighted by Crippen LogP contribution is -2.05. The largest absolute Gasteiger partial charge is 0.393 e. The van der Waals surface area contributed by atoms with Gasteiger partial charge in [-0.1, -0.05) is 71.6 Å². The molecule has 0 bridgehead atoms. The minimum atomic E-state index is -0.0849. The number of hydrogen-bond acceptors (Lipinski definition) is 2. The standard InChI is InChI=1S/C17H36O2/c1-3-5-10-14-17(19)15-12-9-7-6-8-11-13-16(18)4-2/h16-19H,3-15H2,1-2H3. The van der Waals surface area contributed by atoms with Gasteiger partial charge in [0.15, 0.2) is 0 Å². The van der Waals surface area contributed by atoms with E-state index in [4.69, 9.17) is 0 Å². The van der Waals surface area contributed by atoms with E-state index in [1.165, 1.54) is 51.4 Å². The maximum atomic E-state index is 9.78. The molecule has 2 nitrogen and oxygen atoms in total. The molecule has 2 heteroatoms. The summed E-state index contributed by atoms with van der Waals surface area (Å²) in [6.45, 7) is 4.24. The van der Waals surface area contributed by atoms with Crippen molar-refractivity contribution in [1.82, 2.24) is 0 Å². The molecule has 0 aliphatic heterocycles. The Balaban J connectivity index is 3.13. The summed E-state index contributed by atoms with van der Waals surface area (Å²) in [4.78, 5) is 0. The smallest absolute Gasteiger partial charge is 0.0540 e. The first-order valence-corrected chi connectivity index (χ1v) is 8.56. The molecule has 0 saturated heterocycles. The molecule has 0 spiro atoms. The number of unbranched alkanes of at least 4 members (excludes halogenated alkanes) is 7. The summed E-state index contributed by atoms with van der Waals surface area (Å²) < 4.78 is 0. The SMILES string of the molecule is CCCCCC(O)CCCCCCCCC(O)CC. The van der Waals surface area contributed by atoms with Gasteiger partial charge in [-0.15, -0.1) is 0 Å². The first kappa shape index (κ1) is 18.9. The van der Waals surface area contributed by atoms with Crippen LogP contribution in [0.15, 0.2) is 0 Å². The van der Waals surface area contributed by atoms with Crippen LogP contribution in [-0.2, 0) is 0 Å². The van der Waals surface area contributed by atoms with Crippen LogP contribution in [0.3, 0.4) is 0 Å². The van der Waals surface area contributed by atoms with E-state index in [2.05, 4.69) is 6.92 Å². The molecule has 2 unspecified atom stereocenters. The Hall–Kier alpha value is -0.0800. The van der Waals surface area contributed by atoms with E-state index in [9.17, 15) is 10.2 Å². The van der Waals surface area contributed by atoms with E-state index >= 15 is 0 Å². The van der Waals surface area contributed by atoms with Gasteiger partial charge in [0, 0.05) is 0 Å². The minimum absolute atomic E-state index is 0.0637. The fourth-order valence-electron chi connectivity index (χ4n) is 2.45. The molecule has 2 N–H and O–H groups in total. The van der Waals surface area contributed by atoms with Crippen LogP contribution in [-0.4, -0.2) is 22.4 Å². The molecule has 19 heavy (non-hydrogen) atoms. The maximum absolute atomic E-state index is 9.78. The Bertz CT molecular complexity index is 171. The first-order chi connectivity index (χ1) is 9.20. The second kappa shape index (κ2) is 14.3. The number of hydrogen-bond donors (Lipinski definition) is 2. The topological polar surface area (TPSA) is 40.5 Å². The van der Waals surface area contributed by atoms with E-state index in [1.54, 1.807) is 0 Å². The minimum Gasteiger partial charge on any atom is -0.393 e. The van der Waals surface area contributed by atoms with Crippen molar-refractivity contribution in [2.75, 3.05) is 0 Å². The van der Waals surface area contributed by atoms with Gasteiger partial charge in [0.25, 0.3) is 0 Å². The Morgan fingerprint density at radius 1 is 0.579 bits per heavy atom. The average Bonchev–Trinajstić information content (AvgIpc) is 2.41. The average molecular weight is 272 g/mol. The zero-order valence-electron chi connectivity index (χ0n) is 13.2. The molecule has 0 aromatic rings. The molecule has 2 atom stereocenters. The van der Waals surface area contributed by atoms with Gasteiger partial charge in [0.1, 0.15) is 0 Å². The molecule has 0 fully saturated rings. The Labute approximate surface area is 120 Å². The van der Waals surface area contributed by atoms with Gasteiger partial charge in [-0.05, 0) is 25.7 Å². The molecule has 0 rings (SSSR count). The highest BCUT2D eigenvalue weighted by molar-refractivity contribution is 4.57. The maximum Gasteiger partial charge on any atom is 0.0540 e. The lowest BCUT2D eigenvalue weighted by Gasteiger charge is -2.10. The summed E-state index contributed by atoms with van der Waals surface area (Å²) in [5.74, 6) is 0. The first-order valence-electron chi connectivity index (χ1n) is 8.56. The van der Waals surface area contributed by atoms with Crippen molar-refractivity contribution < 1.29 is 10.2 Å². The highest BCUT2D eigenvalue weighted by atomic mass is 16.3. The zero-order chi connectivity index (χ0) is 14.3. The van der Waals surface area contributed by atoms with Gasteiger partial charge < -0.3 is 10.2 Å². The molecule has 0 aromatic heterocycles. The van der Waals surface area contributed by atoms with E-state index in [1.807, 2.05) is 6.92 Å². The Kier molecular flexibility index (Phi) is 14.3. The van der Waals surface area contributed by atoms with Crippen LogP contribution in [0.1, 0.15) is 97.3 Å². The van der Waals surface area contributed by atoms with Gasteiger partial charge in [-0.25, -0.2) is 0 Å². The lowest BCUT2D eigenvalue weighted by molar-refractivity contribution is 0.147. The summed E-state index contributed by atoms with van der Waals surface area (Å²) in [6, 6.07) is 0. The van der Waals surface area contributed by atoms with E-state index in [-0.39, 0.29) is 12.2 Å². The fraction of sp³-hybridized carbons (Fsp3) is 1.00. The van der Waals surface area contributed by atoms with Crippen molar-refractivity contribution in [2.24, 2.45) is 0 Å². The molecule has 0 heterocycles. The molecule has 0 amide bonds. The molecule has 0 aromatic carbocycles. The summed E-state index contributed by atoms with van der Waals surface area (Å²) in [6.07, 6.45) is 14.7. The number of aliphatic hydroxyl groups is 2. The molecule has 0 aliphatic rings. The number of aliphatic hydroxyl groups excluding tert-OH is 2. The van der Waals surface area contributed by atoms with Gasteiger partial charge in [0.05, 0.1) is 12.2 Å². The van der Waals surface area contributed by atoms with Gasteiger partial charge in [-0.3, -0.25) is 0 Å². The van der Waals surface area contributed by atoms with Crippen molar-refractivity contribution in [1.29, 1.82) is 0 Å². The van der Waals surface area contributed by atoms with E-state index in [0.717, 1.165) is 32.1 Å². The van der Waals surface area contributed by atoms with Gasteiger partial charge >= 0.3 is 0 Å². The van der Waals surface area contributed by atoms with Crippen molar-refractivity contribution in [2.45, 2.75) is 110 Å². The van der Waals surface area contributed by atoms with Crippen LogP contribution in [0.5, 0.6) is 0 Å². The van der Waals surface area contributed by atoms with Crippen molar-refractivity contribution in [3.05, 3.63) is 0 Å². The van der Waals surface area contributed by atoms with E-state index < -0.39 is 0 Å². The lowest BCUT2D eigenvalue weighted by atomic mass is 10.0. The van der Waals surface area contributed by atoms with Crippen molar-refractivity contribution >= 4 is 0 Å². The molecular formula is C17H36O2. The molecule has 0 saturated carbocycles. The third-order valence-corrected chi connectivity index (χ3v) is 3.94. The summed E-state index contributed by atoms with van der Waals surface area (Å²) in [7, 11) is 0. The molecule has 116 valence electrons. The van der Waals surface area contributed by atoms with Crippen molar-refractivity contribution in [3.63, 3.8) is 0 Å². The van der Waals surface area contributed by atoms with Crippen LogP contribution in [0, 0.1) is 0 Å². The normalized spacial score (nSPS) is 14.5. The number of rotatable bonds is 14. The summed E-state index contributed by atoms with van der Waals surface area (Å²) >= 11 is 0. The summed E-state index contributed by atoms with van der Waals surface area (Å²) in [5.41, 5.74) is 0. The zero-order valence-corrected chi connectivity index (χ0v) is 13.2. The molecular weight excluding hydrogens is 236 g/mol. The van der Waals surface area contributed by atoms with Crippen LogP contribution in [0.4, 0.5) is 0 Å². The van der Waals surface area contributed by atoms with Crippen LogP contribution >= 0.6 is 0 Å². The van der Waals surface area contributed by atoms with Crippen LogP contribution in [0.2, 0.25) is 0 Å². The Morgan fingerprint density at radius 3 is 1.47 bits per heavy atom. The monoisotopic (exact) mass is 272 g/mol. The predicted molar refractivity (Wildman–Crippen MR) is 83.4 cm³/mol. The second-order valence-electron chi connectivity index (χ2n) is 5.91. The van der Waals surface area contributed by atoms with Crippen LogP contribution < -0.4 is 0 Å².